The fourth-order valence-corrected chi connectivity index (χ4v) is 2.10. The van der Waals surface area contributed by atoms with Gasteiger partial charge in [-0.05, 0) is 20.0 Å². The van der Waals surface area contributed by atoms with Crippen molar-refractivity contribution < 1.29 is 14.4 Å². The Balaban J connectivity index is 1.71. The molecule has 0 bridgehead atoms. The van der Waals surface area contributed by atoms with Crippen LogP contribution in [0.15, 0.2) is 4.52 Å². The number of nitrogens with one attached hydrogen (secondary N) is 1. The molecule has 1 fully saturated rings. The summed E-state index contributed by atoms with van der Waals surface area (Å²) in [4.78, 5) is 20.0. The van der Waals surface area contributed by atoms with Crippen LogP contribution in [-0.2, 0) is 13.0 Å². The van der Waals surface area contributed by atoms with Crippen LogP contribution in [0.4, 0.5) is 4.79 Å². The van der Waals surface area contributed by atoms with Crippen LogP contribution in [0.5, 0.6) is 0 Å². The summed E-state index contributed by atoms with van der Waals surface area (Å²) in [5.41, 5.74) is 0. The maximum atomic E-state index is 12.0. The molecule has 1 saturated heterocycles. The Labute approximate surface area is 117 Å². The predicted octanol–water partition coefficient (Wildman–Crippen LogP) is -0.548. The lowest BCUT2D eigenvalue weighted by Crippen LogP contribution is -2.42. The summed E-state index contributed by atoms with van der Waals surface area (Å²) >= 11 is 0. The Morgan fingerprint density at radius 1 is 1.40 bits per heavy atom. The second-order valence-electron chi connectivity index (χ2n) is 4.89. The van der Waals surface area contributed by atoms with E-state index in [1.165, 1.54) is 0 Å². The fourth-order valence-electron chi connectivity index (χ4n) is 2.10. The molecule has 1 aliphatic heterocycles. The third kappa shape index (κ3) is 4.17. The zero-order chi connectivity index (χ0) is 14.4. The Hall–Kier alpha value is -1.67. The lowest BCUT2D eigenvalue weighted by Gasteiger charge is -2.20. The van der Waals surface area contributed by atoms with Gasteiger partial charge < -0.3 is 24.7 Å². The number of urea groups is 1. The first kappa shape index (κ1) is 14.7. The molecule has 2 heterocycles. The van der Waals surface area contributed by atoms with Crippen molar-refractivity contribution in [2.24, 2.45) is 0 Å². The van der Waals surface area contributed by atoms with Gasteiger partial charge in [0.2, 0.25) is 0 Å². The monoisotopic (exact) mass is 283 g/mol. The molecule has 2 amide bonds. The number of likely N-dealkylation sites (N-methyl/N-ethyl adjacent to an activating group) is 1. The molecule has 0 radical (unpaired) electrons. The van der Waals surface area contributed by atoms with E-state index < -0.39 is 0 Å². The largest absolute Gasteiger partial charge is 0.387 e. The number of aliphatic hydroxyl groups excluding tert-OH is 1. The number of rotatable bonds is 4. The highest BCUT2D eigenvalue weighted by Gasteiger charge is 2.17. The minimum Gasteiger partial charge on any atom is -0.387 e. The van der Waals surface area contributed by atoms with Crippen molar-refractivity contribution in [1.82, 2.24) is 25.3 Å². The average molecular weight is 283 g/mol. The molecule has 20 heavy (non-hydrogen) atoms. The Morgan fingerprint density at radius 2 is 2.25 bits per heavy atom. The first-order chi connectivity index (χ1) is 9.69. The van der Waals surface area contributed by atoms with Crippen LogP contribution >= 0.6 is 0 Å². The molecule has 1 aliphatic rings. The second-order valence-corrected chi connectivity index (χ2v) is 4.89. The molecule has 0 saturated carbocycles. The van der Waals surface area contributed by atoms with E-state index in [4.69, 9.17) is 9.63 Å². The van der Waals surface area contributed by atoms with Gasteiger partial charge in [0, 0.05) is 32.6 Å². The van der Waals surface area contributed by atoms with Crippen LogP contribution in [0.2, 0.25) is 0 Å². The van der Waals surface area contributed by atoms with Crippen molar-refractivity contribution in [3.63, 3.8) is 0 Å². The van der Waals surface area contributed by atoms with Crippen molar-refractivity contribution in [2.75, 3.05) is 39.8 Å². The van der Waals surface area contributed by atoms with Crippen molar-refractivity contribution >= 4 is 6.03 Å². The Kier molecular flexibility index (Phi) is 5.31. The molecule has 0 atom stereocenters. The average Bonchev–Trinajstić information content (AvgIpc) is 2.79. The van der Waals surface area contributed by atoms with E-state index in [1.807, 2.05) is 4.90 Å². The number of carbonyl (C=O) groups excluding carboxylic acids is 1. The zero-order valence-corrected chi connectivity index (χ0v) is 11.7. The first-order valence-corrected chi connectivity index (χ1v) is 6.82. The highest BCUT2D eigenvalue weighted by atomic mass is 16.5. The number of amides is 2. The van der Waals surface area contributed by atoms with Crippen LogP contribution in [0.1, 0.15) is 18.1 Å². The molecule has 2 rings (SSSR count). The van der Waals surface area contributed by atoms with Crippen molar-refractivity contribution in [3.8, 4) is 0 Å². The van der Waals surface area contributed by atoms with Crippen molar-refractivity contribution in [3.05, 3.63) is 11.7 Å². The first-order valence-electron chi connectivity index (χ1n) is 6.82. The Bertz CT molecular complexity index is 436. The van der Waals surface area contributed by atoms with Gasteiger partial charge in [-0.1, -0.05) is 5.16 Å². The number of hydrogen-bond acceptors (Lipinski definition) is 6. The molecule has 1 aromatic rings. The molecule has 0 spiro atoms. The highest BCUT2D eigenvalue weighted by Crippen LogP contribution is 2.01. The summed E-state index contributed by atoms with van der Waals surface area (Å²) in [7, 11) is 2.07. The van der Waals surface area contributed by atoms with E-state index in [0.717, 1.165) is 32.6 Å². The summed E-state index contributed by atoms with van der Waals surface area (Å²) in [5.74, 6) is 0.687. The van der Waals surface area contributed by atoms with E-state index in [0.29, 0.717) is 18.8 Å². The summed E-state index contributed by atoms with van der Waals surface area (Å²) < 4.78 is 4.78. The molecular formula is C12H21N5O3. The zero-order valence-electron chi connectivity index (χ0n) is 11.7. The predicted molar refractivity (Wildman–Crippen MR) is 71.0 cm³/mol. The standard InChI is InChI=1S/C12H21N5O3/c1-16-5-2-6-17(8-7-16)12(19)13-4-3-10-14-11(9-18)20-15-10/h18H,2-9H2,1H3,(H,13,19). The number of aliphatic hydroxyl groups is 1. The minimum atomic E-state index is -0.263. The van der Waals surface area contributed by atoms with Gasteiger partial charge in [0.05, 0.1) is 0 Å². The molecule has 1 aromatic heterocycles. The molecule has 8 heteroatoms. The van der Waals surface area contributed by atoms with Gasteiger partial charge in [-0.25, -0.2) is 4.79 Å². The van der Waals surface area contributed by atoms with Gasteiger partial charge in [0.15, 0.2) is 5.82 Å². The molecule has 0 aliphatic carbocycles. The summed E-state index contributed by atoms with van der Waals surface area (Å²) in [6.45, 7) is 3.65. The Morgan fingerprint density at radius 3 is 3.00 bits per heavy atom. The van der Waals surface area contributed by atoms with Crippen LogP contribution in [0, 0.1) is 0 Å². The lowest BCUT2D eigenvalue weighted by atomic mass is 10.4. The molecule has 112 valence electrons. The molecule has 0 aromatic carbocycles. The van der Waals surface area contributed by atoms with Gasteiger partial charge in [-0.2, -0.15) is 4.98 Å². The molecule has 2 N–H and O–H groups in total. The molecule has 8 nitrogen and oxygen atoms in total. The van der Waals surface area contributed by atoms with Gasteiger partial charge in [0.1, 0.15) is 6.61 Å². The van der Waals surface area contributed by atoms with Gasteiger partial charge in [-0.15, -0.1) is 0 Å². The van der Waals surface area contributed by atoms with Crippen LogP contribution in [0.3, 0.4) is 0 Å². The SMILES string of the molecule is CN1CCCN(C(=O)NCCc2noc(CO)n2)CC1. The number of carbonyl (C=O) groups is 1. The lowest BCUT2D eigenvalue weighted by molar-refractivity contribution is 0.199. The third-order valence-electron chi connectivity index (χ3n) is 3.28. The van der Waals surface area contributed by atoms with E-state index in [-0.39, 0.29) is 18.5 Å². The maximum absolute atomic E-state index is 12.0. The van der Waals surface area contributed by atoms with Crippen LogP contribution in [-0.4, -0.2) is 70.8 Å². The fraction of sp³-hybridized carbons (Fsp3) is 0.750. The highest BCUT2D eigenvalue weighted by molar-refractivity contribution is 5.74. The van der Waals surface area contributed by atoms with Gasteiger partial charge in [-0.3, -0.25) is 0 Å². The summed E-state index contributed by atoms with van der Waals surface area (Å²) in [6, 6.07) is -0.0498. The van der Waals surface area contributed by atoms with Crippen LogP contribution < -0.4 is 5.32 Å². The van der Waals surface area contributed by atoms with E-state index in [1.54, 1.807) is 0 Å². The summed E-state index contributed by atoms with van der Waals surface area (Å²) in [5, 5.41) is 15.4. The van der Waals surface area contributed by atoms with Crippen LogP contribution in [0.25, 0.3) is 0 Å². The topological polar surface area (TPSA) is 94.7 Å². The molecule has 0 unspecified atom stereocenters. The number of aromatic nitrogens is 2. The number of hydrogen-bond donors (Lipinski definition) is 2. The van der Waals surface area contributed by atoms with Gasteiger partial charge >= 0.3 is 6.03 Å². The second kappa shape index (κ2) is 7.20. The van der Waals surface area contributed by atoms with Crippen molar-refractivity contribution in [2.45, 2.75) is 19.4 Å². The van der Waals surface area contributed by atoms with Crippen molar-refractivity contribution in [1.29, 1.82) is 0 Å². The minimum absolute atomic E-state index is 0.0498. The van der Waals surface area contributed by atoms with E-state index in [9.17, 15) is 4.79 Å². The molecular weight excluding hydrogens is 262 g/mol. The normalized spacial score (nSPS) is 17.0. The van der Waals surface area contributed by atoms with Gasteiger partial charge in [0.25, 0.3) is 5.89 Å². The summed E-state index contributed by atoms with van der Waals surface area (Å²) in [6.07, 6.45) is 1.48. The van der Waals surface area contributed by atoms with E-state index in [2.05, 4.69) is 27.4 Å². The maximum Gasteiger partial charge on any atom is 0.317 e. The quantitative estimate of drug-likeness (QED) is 0.770. The third-order valence-corrected chi connectivity index (χ3v) is 3.28. The van der Waals surface area contributed by atoms with E-state index >= 15 is 0 Å². The smallest absolute Gasteiger partial charge is 0.317 e. The number of nitrogens with zero attached hydrogens (tertiary/aromatic N) is 4.